The van der Waals surface area contributed by atoms with Gasteiger partial charge in [-0.2, -0.15) is 0 Å². The van der Waals surface area contributed by atoms with E-state index in [0.29, 0.717) is 6.54 Å². The molecule has 0 radical (unpaired) electrons. The third kappa shape index (κ3) is 2.10. The summed E-state index contributed by atoms with van der Waals surface area (Å²) in [7, 11) is 0. The fourth-order valence-electron chi connectivity index (χ4n) is 1.36. The van der Waals surface area contributed by atoms with Crippen molar-refractivity contribution in [1.82, 2.24) is 4.57 Å². The maximum atomic E-state index is 10.6. The third-order valence-corrected chi connectivity index (χ3v) is 2.32. The second-order valence-electron chi connectivity index (χ2n) is 3.05. The van der Waals surface area contributed by atoms with E-state index in [1.165, 1.54) is 0 Å². The van der Waals surface area contributed by atoms with Gasteiger partial charge in [0.1, 0.15) is 0 Å². The molecule has 1 aromatic heterocycles. The van der Waals surface area contributed by atoms with Gasteiger partial charge in [0.2, 0.25) is 0 Å². The minimum absolute atomic E-state index is 0.714. The molecule has 0 aromatic carbocycles. The zero-order chi connectivity index (χ0) is 10.0. The van der Waals surface area contributed by atoms with Crippen molar-refractivity contribution in [1.29, 1.82) is 0 Å². The quantitative estimate of drug-likeness (QED) is 0.747. The van der Waals surface area contributed by atoms with Crippen LogP contribution in [0.3, 0.4) is 0 Å². The highest BCUT2D eigenvalue weighted by Gasteiger charge is 2.07. The van der Waals surface area contributed by atoms with E-state index in [9.17, 15) is 4.79 Å². The highest BCUT2D eigenvalue weighted by atomic mass is 79.9. The number of aryl methyl sites for hydroxylation is 1. The van der Waals surface area contributed by atoms with Crippen molar-refractivity contribution >= 4 is 22.2 Å². The molecule has 13 heavy (non-hydrogen) atoms. The molecule has 2 nitrogen and oxygen atoms in total. The highest BCUT2D eigenvalue weighted by molar-refractivity contribution is 9.11. The smallest absolute Gasteiger partial charge is 0.151 e. The summed E-state index contributed by atoms with van der Waals surface area (Å²) in [6.45, 7) is 8.41. The van der Waals surface area contributed by atoms with Gasteiger partial charge in [-0.25, -0.2) is 0 Å². The molecule has 0 N–H and O–H groups in total. The van der Waals surface area contributed by atoms with Crippen LogP contribution >= 0.6 is 15.9 Å². The molecule has 0 aliphatic heterocycles. The molecule has 0 atom stereocenters. The Labute approximate surface area is 86.4 Å². The Morgan fingerprint density at radius 2 is 2.31 bits per heavy atom. The number of rotatable bonds is 3. The number of aldehydes is 1. The predicted molar refractivity (Wildman–Crippen MR) is 57.4 cm³/mol. The average Bonchev–Trinajstić information content (AvgIpc) is 2.31. The number of allylic oxidation sites excluding steroid dienone is 1. The van der Waals surface area contributed by atoms with Gasteiger partial charge in [-0.1, -0.05) is 22.5 Å². The first-order valence-electron chi connectivity index (χ1n) is 4.01. The van der Waals surface area contributed by atoms with E-state index in [2.05, 4.69) is 27.1 Å². The van der Waals surface area contributed by atoms with Crippen molar-refractivity contribution in [2.75, 3.05) is 0 Å². The zero-order valence-corrected chi connectivity index (χ0v) is 9.39. The van der Waals surface area contributed by atoms with Crippen LogP contribution in [0.5, 0.6) is 0 Å². The van der Waals surface area contributed by atoms with Crippen LogP contribution in [-0.4, -0.2) is 10.9 Å². The molecule has 3 heteroatoms. The second kappa shape index (κ2) is 3.92. The van der Waals surface area contributed by atoms with E-state index < -0.39 is 0 Å². The number of carbonyl (C=O) groups excluding carboxylic acids is 1. The van der Waals surface area contributed by atoms with Crippen LogP contribution in [0.2, 0.25) is 0 Å². The van der Waals surface area contributed by atoms with E-state index in [0.717, 1.165) is 27.7 Å². The fourth-order valence-corrected chi connectivity index (χ4v) is 1.61. The van der Waals surface area contributed by atoms with Gasteiger partial charge in [0.25, 0.3) is 0 Å². The molecule has 0 unspecified atom stereocenters. The summed E-state index contributed by atoms with van der Waals surface area (Å²) < 4.78 is 2.97. The number of halogens is 1. The maximum Gasteiger partial charge on any atom is 0.151 e. The van der Waals surface area contributed by atoms with Crippen LogP contribution in [0, 0.1) is 13.8 Å². The van der Waals surface area contributed by atoms with Gasteiger partial charge < -0.3 is 4.57 Å². The minimum Gasteiger partial charge on any atom is -0.344 e. The normalized spacial score (nSPS) is 10.1. The molecule has 0 amide bonds. The molecule has 0 fully saturated rings. The number of carbonyl (C=O) groups is 1. The summed E-state index contributed by atoms with van der Waals surface area (Å²) in [5.74, 6) is 0. The molecular formula is C10H12BrNO. The first-order chi connectivity index (χ1) is 6.06. The van der Waals surface area contributed by atoms with Crippen LogP contribution in [0.1, 0.15) is 21.7 Å². The van der Waals surface area contributed by atoms with Crippen molar-refractivity contribution in [2.24, 2.45) is 0 Å². The van der Waals surface area contributed by atoms with Gasteiger partial charge in [0.15, 0.2) is 6.29 Å². The van der Waals surface area contributed by atoms with Crippen molar-refractivity contribution in [3.63, 3.8) is 0 Å². The lowest BCUT2D eigenvalue weighted by atomic mass is 10.3. The lowest BCUT2D eigenvalue weighted by molar-refractivity contribution is 0.112. The molecule has 1 aromatic rings. The standard InChI is InChI=1S/C10H12BrNO/c1-7(11)5-12-8(2)4-10(6-13)9(12)3/h4,6H,1,5H2,2-3H3. The van der Waals surface area contributed by atoms with Crippen molar-refractivity contribution in [3.8, 4) is 0 Å². The Bertz CT molecular complexity index is 352. The van der Waals surface area contributed by atoms with Gasteiger partial charge in [0.05, 0.1) is 6.54 Å². The Kier molecular flexibility index (Phi) is 3.09. The molecule has 0 aliphatic rings. The monoisotopic (exact) mass is 241 g/mol. The van der Waals surface area contributed by atoms with Crippen LogP contribution in [-0.2, 0) is 6.54 Å². The number of hydrogen-bond donors (Lipinski definition) is 0. The van der Waals surface area contributed by atoms with Crippen LogP contribution in [0.15, 0.2) is 17.1 Å². The van der Waals surface area contributed by atoms with Crippen molar-refractivity contribution in [2.45, 2.75) is 20.4 Å². The molecule has 0 saturated carbocycles. The molecular weight excluding hydrogens is 230 g/mol. The van der Waals surface area contributed by atoms with Gasteiger partial charge in [0, 0.05) is 21.4 Å². The molecule has 0 aliphatic carbocycles. The van der Waals surface area contributed by atoms with Gasteiger partial charge in [-0.3, -0.25) is 4.79 Å². The van der Waals surface area contributed by atoms with Gasteiger partial charge >= 0.3 is 0 Å². The van der Waals surface area contributed by atoms with E-state index in [1.807, 2.05) is 19.9 Å². The molecule has 70 valence electrons. The highest BCUT2D eigenvalue weighted by Crippen LogP contribution is 2.16. The Hall–Kier alpha value is -0.830. The number of aromatic nitrogens is 1. The SMILES string of the molecule is C=C(Br)Cn1c(C)cc(C=O)c1C. The summed E-state index contributed by atoms with van der Waals surface area (Å²) in [5, 5.41) is 0. The Morgan fingerprint density at radius 1 is 1.69 bits per heavy atom. The first kappa shape index (κ1) is 10.3. The van der Waals surface area contributed by atoms with E-state index >= 15 is 0 Å². The minimum atomic E-state index is 0.714. The summed E-state index contributed by atoms with van der Waals surface area (Å²) in [4.78, 5) is 10.6. The van der Waals surface area contributed by atoms with Crippen molar-refractivity contribution in [3.05, 3.63) is 34.1 Å². The maximum absolute atomic E-state index is 10.6. The van der Waals surface area contributed by atoms with E-state index in [4.69, 9.17) is 0 Å². The lowest BCUT2D eigenvalue weighted by Gasteiger charge is -2.07. The number of hydrogen-bond acceptors (Lipinski definition) is 1. The largest absolute Gasteiger partial charge is 0.344 e. The van der Waals surface area contributed by atoms with Gasteiger partial charge in [-0.05, 0) is 19.9 Å². The predicted octanol–water partition coefficient (Wildman–Crippen LogP) is 2.83. The second-order valence-corrected chi connectivity index (χ2v) is 4.17. The van der Waals surface area contributed by atoms with Crippen molar-refractivity contribution < 1.29 is 4.79 Å². The summed E-state index contributed by atoms with van der Waals surface area (Å²) in [6.07, 6.45) is 0.885. The average molecular weight is 242 g/mol. The first-order valence-corrected chi connectivity index (χ1v) is 4.80. The van der Waals surface area contributed by atoms with E-state index in [-0.39, 0.29) is 0 Å². The summed E-state index contributed by atoms with van der Waals surface area (Å²) in [6, 6.07) is 1.89. The summed E-state index contributed by atoms with van der Waals surface area (Å²) in [5.41, 5.74) is 2.83. The van der Waals surface area contributed by atoms with Crippen LogP contribution in [0.25, 0.3) is 0 Å². The topological polar surface area (TPSA) is 22.0 Å². The molecule has 1 heterocycles. The Morgan fingerprint density at radius 3 is 2.69 bits per heavy atom. The summed E-state index contributed by atoms with van der Waals surface area (Å²) >= 11 is 3.31. The van der Waals surface area contributed by atoms with Crippen LogP contribution < -0.4 is 0 Å². The third-order valence-electron chi connectivity index (χ3n) is 2.07. The number of nitrogens with zero attached hydrogens (tertiary/aromatic N) is 1. The molecule has 0 saturated heterocycles. The molecule has 0 bridgehead atoms. The molecule has 0 spiro atoms. The van der Waals surface area contributed by atoms with Crippen LogP contribution in [0.4, 0.5) is 0 Å². The van der Waals surface area contributed by atoms with E-state index in [1.54, 1.807) is 0 Å². The zero-order valence-electron chi connectivity index (χ0n) is 7.80. The fraction of sp³-hybridized carbons (Fsp3) is 0.300. The lowest BCUT2D eigenvalue weighted by Crippen LogP contribution is -2.02. The molecule has 1 rings (SSSR count). The Balaban J connectivity index is 3.12. The van der Waals surface area contributed by atoms with Gasteiger partial charge in [-0.15, -0.1) is 0 Å².